The average Bonchev–Trinajstić information content (AvgIpc) is 3.05. The number of fused-ring (bicyclic) bond motifs is 2. The van der Waals surface area contributed by atoms with Gasteiger partial charge in [-0.2, -0.15) is 0 Å². The van der Waals surface area contributed by atoms with Gasteiger partial charge in [-0.1, -0.05) is 97.8 Å². The number of ether oxygens (including phenoxy) is 2. The Balaban J connectivity index is 1.25. The van der Waals surface area contributed by atoms with Crippen molar-refractivity contribution < 1.29 is 37.4 Å². The zero-order chi connectivity index (χ0) is 34.4. The predicted molar refractivity (Wildman–Crippen MR) is 186 cm³/mol. The number of carboxylic acid groups (broad SMARTS) is 1. The molecule has 0 heterocycles. The molecule has 4 aromatic rings. The third kappa shape index (κ3) is 12.0. The van der Waals surface area contributed by atoms with Gasteiger partial charge >= 0.3 is 5.97 Å². The molecule has 11 heteroatoms. The van der Waals surface area contributed by atoms with Crippen molar-refractivity contribution in [1.82, 2.24) is 10.0 Å². The van der Waals surface area contributed by atoms with Gasteiger partial charge in [0, 0.05) is 13.2 Å². The molecule has 0 aromatic heterocycles. The van der Waals surface area contributed by atoms with Gasteiger partial charge in [-0.15, -0.1) is 0 Å². The minimum absolute atomic E-state index is 0.101. The highest BCUT2D eigenvalue weighted by molar-refractivity contribution is 7.89. The van der Waals surface area contributed by atoms with Crippen LogP contribution in [0.2, 0.25) is 0 Å². The van der Waals surface area contributed by atoms with E-state index in [1.807, 2.05) is 24.3 Å². The van der Waals surface area contributed by atoms with E-state index in [-0.39, 0.29) is 6.61 Å². The number of carboxylic acids is 1. The van der Waals surface area contributed by atoms with Crippen molar-refractivity contribution in [3.05, 3.63) is 96.1 Å². The Labute approximate surface area is 281 Å². The largest absolute Gasteiger partial charge is 0.479 e. The topological polar surface area (TPSA) is 148 Å². The van der Waals surface area contributed by atoms with Crippen LogP contribution in [0.4, 0.5) is 0 Å². The first-order valence-corrected chi connectivity index (χ1v) is 18.2. The molecule has 0 aliphatic heterocycles. The Morgan fingerprint density at radius 2 is 1.23 bits per heavy atom. The lowest BCUT2D eigenvalue weighted by atomic mass is 10.0. The van der Waals surface area contributed by atoms with Gasteiger partial charge < -0.3 is 19.9 Å². The van der Waals surface area contributed by atoms with Crippen molar-refractivity contribution in [3.63, 3.8) is 0 Å². The van der Waals surface area contributed by atoms with E-state index < -0.39 is 46.6 Å². The average molecular weight is 677 g/mol. The summed E-state index contributed by atoms with van der Waals surface area (Å²) in [6, 6.07) is 29.2. The van der Waals surface area contributed by atoms with Crippen LogP contribution in [-0.4, -0.2) is 69.5 Å². The number of unbranched alkanes of at least 4 members (excludes halogenated alkanes) is 4. The van der Waals surface area contributed by atoms with E-state index in [1.165, 1.54) is 32.7 Å². The Hall–Kier alpha value is -4.32. The van der Waals surface area contributed by atoms with Gasteiger partial charge in [0.2, 0.25) is 10.0 Å². The molecule has 10 nitrogen and oxygen atoms in total. The van der Waals surface area contributed by atoms with E-state index in [0.717, 1.165) is 44.8 Å². The molecule has 0 aliphatic carbocycles. The van der Waals surface area contributed by atoms with Crippen LogP contribution in [0.3, 0.4) is 0 Å². The third-order valence-electron chi connectivity index (χ3n) is 7.95. The highest BCUT2D eigenvalue weighted by atomic mass is 32.2. The molecule has 0 radical (unpaired) electrons. The van der Waals surface area contributed by atoms with Crippen molar-refractivity contribution in [1.29, 1.82) is 0 Å². The first-order chi connectivity index (χ1) is 23.1. The number of carbonyl (C=O) groups excluding carboxylic acids is 2. The number of aliphatic carboxylic acids is 1. The molecule has 0 fully saturated rings. The molecule has 3 N–H and O–H groups in total. The van der Waals surface area contributed by atoms with Gasteiger partial charge in [-0.3, -0.25) is 14.3 Å². The SMILES string of the molecule is CS(=O)(=O)NC(=O)COC(C(=O)O)C(OCCCCCc1ccc2ccccc2c1)C(=O)NCCCCCc1ccc2ccccc2c1. The normalized spacial score (nSPS) is 12.9. The predicted octanol–water partition coefficient (Wildman–Crippen LogP) is 5.17. The Morgan fingerprint density at radius 1 is 0.688 bits per heavy atom. The van der Waals surface area contributed by atoms with Crippen LogP contribution in [0.5, 0.6) is 0 Å². The number of aryl methyl sites for hydroxylation is 2. The number of sulfonamides is 1. The lowest BCUT2D eigenvalue weighted by Crippen LogP contribution is -2.50. The van der Waals surface area contributed by atoms with E-state index in [4.69, 9.17) is 9.47 Å². The van der Waals surface area contributed by atoms with E-state index in [1.54, 1.807) is 4.72 Å². The highest BCUT2D eigenvalue weighted by Gasteiger charge is 2.36. The first kappa shape index (κ1) is 36.5. The number of rotatable bonds is 20. The van der Waals surface area contributed by atoms with Crippen LogP contribution in [0.1, 0.15) is 49.7 Å². The maximum absolute atomic E-state index is 13.2. The number of amides is 2. The van der Waals surface area contributed by atoms with Gasteiger partial charge in [0.15, 0.2) is 12.2 Å². The van der Waals surface area contributed by atoms with Crippen LogP contribution < -0.4 is 10.0 Å². The van der Waals surface area contributed by atoms with E-state index in [9.17, 15) is 27.9 Å². The minimum atomic E-state index is -3.87. The zero-order valence-electron chi connectivity index (χ0n) is 27.2. The monoisotopic (exact) mass is 676 g/mol. The third-order valence-corrected chi connectivity index (χ3v) is 8.54. The van der Waals surface area contributed by atoms with E-state index in [0.29, 0.717) is 19.4 Å². The summed E-state index contributed by atoms with van der Waals surface area (Å²) in [5, 5.41) is 17.4. The molecule has 4 aromatic carbocycles. The van der Waals surface area contributed by atoms with Crippen LogP contribution in [0.15, 0.2) is 84.9 Å². The molecule has 0 saturated carbocycles. The summed E-state index contributed by atoms with van der Waals surface area (Å²) in [6.45, 7) is -0.467. The van der Waals surface area contributed by atoms with E-state index >= 15 is 0 Å². The fourth-order valence-corrected chi connectivity index (χ4v) is 6.01. The molecule has 0 spiro atoms. The number of hydrogen-bond donors (Lipinski definition) is 3. The molecule has 0 aliphatic rings. The second-order valence-corrected chi connectivity index (χ2v) is 13.7. The Bertz CT molecular complexity index is 1790. The van der Waals surface area contributed by atoms with Crippen molar-refractivity contribution in [3.8, 4) is 0 Å². The molecular weight excluding hydrogens is 632 g/mol. The fourth-order valence-electron chi connectivity index (χ4n) is 5.54. The molecule has 2 unspecified atom stereocenters. The summed E-state index contributed by atoms with van der Waals surface area (Å²) in [6.07, 6.45) is 3.89. The fraction of sp³-hybridized carbons (Fsp3) is 0.378. The molecule has 0 bridgehead atoms. The number of nitrogens with one attached hydrogen (secondary N) is 2. The van der Waals surface area contributed by atoms with Crippen molar-refractivity contribution in [2.75, 3.05) is 26.0 Å². The van der Waals surface area contributed by atoms with Crippen LogP contribution in [0, 0.1) is 0 Å². The zero-order valence-corrected chi connectivity index (χ0v) is 28.0. The summed E-state index contributed by atoms with van der Waals surface area (Å²) < 4.78 is 35.5. The van der Waals surface area contributed by atoms with Crippen molar-refractivity contribution in [2.45, 2.75) is 63.6 Å². The van der Waals surface area contributed by atoms with Crippen LogP contribution in [-0.2, 0) is 46.7 Å². The smallest absolute Gasteiger partial charge is 0.336 e. The van der Waals surface area contributed by atoms with Crippen molar-refractivity contribution in [2.24, 2.45) is 0 Å². The van der Waals surface area contributed by atoms with Gasteiger partial charge in [0.1, 0.15) is 6.61 Å². The summed E-state index contributed by atoms with van der Waals surface area (Å²) in [5.74, 6) is -3.23. The van der Waals surface area contributed by atoms with Crippen LogP contribution >= 0.6 is 0 Å². The first-order valence-electron chi connectivity index (χ1n) is 16.3. The maximum atomic E-state index is 13.2. The molecule has 0 saturated heterocycles. The molecule has 4 rings (SSSR count). The summed E-state index contributed by atoms with van der Waals surface area (Å²) in [7, 11) is -3.87. The number of carbonyl (C=O) groups is 3. The Morgan fingerprint density at radius 3 is 1.77 bits per heavy atom. The minimum Gasteiger partial charge on any atom is -0.479 e. The summed E-state index contributed by atoms with van der Waals surface area (Å²) >= 11 is 0. The standard InChI is InChI=1S/C37H44N2O8S/c1-48(44,45)39-33(40)26-47-35(37(42)43)34(46-23-11-3-5-13-28-19-21-30-15-7-9-17-32(30)25-28)36(41)38-22-10-2-4-12-27-18-20-29-14-6-8-16-31(29)24-27/h6-9,14-21,24-25,34-35H,2-5,10-13,22-23,26H2,1H3,(H,38,41)(H,39,40)(H,42,43). The number of hydrogen-bond acceptors (Lipinski definition) is 7. The second kappa shape index (κ2) is 18.3. The maximum Gasteiger partial charge on any atom is 0.336 e. The quantitative estimate of drug-likeness (QED) is 0.109. The summed E-state index contributed by atoms with van der Waals surface area (Å²) in [5.41, 5.74) is 2.46. The van der Waals surface area contributed by atoms with Gasteiger partial charge in [0.25, 0.3) is 11.8 Å². The van der Waals surface area contributed by atoms with Gasteiger partial charge in [-0.05, 0) is 71.2 Å². The molecule has 48 heavy (non-hydrogen) atoms. The van der Waals surface area contributed by atoms with Gasteiger partial charge in [0.05, 0.1) is 6.26 Å². The van der Waals surface area contributed by atoms with Gasteiger partial charge in [-0.25, -0.2) is 13.2 Å². The van der Waals surface area contributed by atoms with Crippen LogP contribution in [0.25, 0.3) is 21.5 Å². The lowest BCUT2D eigenvalue weighted by Gasteiger charge is -2.24. The Kier molecular flexibility index (Phi) is 13.9. The second-order valence-electron chi connectivity index (χ2n) is 11.9. The highest BCUT2D eigenvalue weighted by Crippen LogP contribution is 2.19. The number of benzene rings is 4. The van der Waals surface area contributed by atoms with E-state index in [2.05, 4.69) is 66.0 Å². The summed E-state index contributed by atoms with van der Waals surface area (Å²) in [4.78, 5) is 37.3. The lowest BCUT2D eigenvalue weighted by molar-refractivity contribution is -0.169. The molecule has 2 atom stereocenters. The molecule has 2 amide bonds. The van der Waals surface area contributed by atoms with Crippen molar-refractivity contribution >= 4 is 49.4 Å². The molecular formula is C37H44N2O8S. The molecule has 256 valence electrons.